The molecule has 0 saturated heterocycles. The number of nitrogens with zero attached hydrogens (tertiary/aromatic N) is 3. The minimum absolute atomic E-state index is 0.0417. The van der Waals surface area contributed by atoms with Crippen molar-refractivity contribution in [3.63, 3.8) is 0 Å². The van der Waals surface area contributed by atoms with Gasteiger partial charge in [0.15, 0.2) is 0 Å². The summed E-state index contributed by atoms with van der Waals surface area (Å²) in [4.78, 5) is 23.0. The number of alkyl halides is 3. The number of thioether (sulfide) groups is 1. The lowest BCUT2D eigenvalue weighted by atomic mass is 10.2. The fourth-order valence-corrected chi connectivity index (χ4v) is 2.17. The zero-order valence-corrected chi connectivity index (χ0v) is 12.2. The Hall–Kier alpha value is -2.56. The van der Waals surface area contributed by atoms with E-state index in [1.165, 1.54) is 0 Å². The maximum absolute atomic E-state index is 12.4. The van der Waals surface area contributed by atoms with E-state index < -0.39 is 23.2 Å². The Labute approximate surface area is 131 Å². The summed E-state index contributed by atoms with van der Waals surface area (Å²) in [7, 11) is 0. The van der Waals surface area contributed by atoms with Gasteiger partial charge in [0, 0.05) is 5.69 Å². The lowest BCUT2D eigenvalue weighted by molar-refractivity contribution is -0.137. The molecule has 0 saturated carbocycles. The van der Waals surface area contributed by atoms with Crippen molar-refractivity contribution in [1.29, 1.82) is 0 Å². The Morgan fingerprint density at radius 3 is 2.57 bits per heavy atom. The Balaban J connectivity index is 1.95. The zero-order chi connectivity index (χ0) is 17.0. The molecule has 0 radical (unpaired) electrons. The number of nitrogens with one attached hydrogen (secondary N) is 1. The van der Waals surface area contributed by atoms with Crippen LogP contribution in [0, 0.1) is 0 Å². The number of aromatic nitrogens is 3. The number of amides is 1. The smallest absolute Gasteiger partial charge is 0.334 e. The van der Waals surface area contributed by atoms with E-state index in [1.807, 2.05) is 0 Å². The largest absolute Gasteiger partial charge is 0.416 e. The summed E-state index contributed by atoms with van der Waals surface area (Å²) in [6.45, 7) is 0. The van der Waals surface area contributed by atoms with Crippen LogP contribution in [0.4, 0.5) is 18.9 Å². The van der Waals surface area contributed by atoms with Gasteiger partial charge in [-0.25, -0.2) is 0 Å². The van der Waals surface area contributed by atoms with E-state index in [0.717, 1.165) is 46.9 Å². The number of nitrogen functional groups attached to an aromatic ring is 1. The van der Waals surface area contributed by atoms with Crippen LogP contribution in [-0.4, -0.2) is 26.5 Å². The molecule has 11 heteroatoms. The Morgan fingerprint density at radius 1 is 1.30 bits per heavy atom. The van der Waals surface area contributed by atoms with Crippen LogP contribution in [0.25, 0.3) is 0 Å². The van der Waals surface area contributed by atoms with Gasteiger partial charge in [-0.1, -0.05) is 11.8 Å². The fraction of sp³-hybridized carbons (Fsp3) is 0.167. The molecule has 0 unspecified atom stereocenters. The lowest BCUT2D eigenvalue weighted by Gasteiger charge is -2.09. The van der Waals surface area contributed by atoms with Crippen molar-refractivity contribution in [2.24, 2.45) is 0 Å². The topological polar surface area (TPSA) is 103 Å². The van der Waals surface area contributed by atoms with Gasteiger partial charge < -0.3 is 11.2 Å². The highest BCUT2D eigenvalue weighted by molar-refractivity contribution is 7.99. The van der Waals surface area contributed by atoms with Crippen LogP contribution in [0.3, 0.4) is 0 Å². The SMILES string of the molecule is Nn1c(SCC(=O)Nc2ccc(C(F)(F)F)cc2)nncc1=O. The lowest BCUT2D eigenvalue weighted by Crippen LogP contribution is -2.30. The normalized spacial score (nSPS) is 11.3. The van der Waals surface area contributed by atoms with Crippen molar-refractivity contribution in [1.82, 2.24) is 14.9 Å². The van der Waals surface area contributed by atoms with Crippen molar-refractivity contribution >= 4 is 23.4 Å². The molecule has 23 heavy (non-hydrogen) atoms. The summed E-state index contributed by atoms with van der Waals surface area (Å²) in [5.74, 6) is 4.79. The number of rotatable bonds is 4. The van der Waals surface area contributed by atoms with Gasteiger partial charge in [0.1, 0.15) is 6.20 Å². The van der Waals surface area contributed by atoms with Gasteiger partial charge in [-0.05, 0) is 24.3 Å². The summed E-state index contributed by atoms with van der Waals surface area (Å²) < 4.78 is 38.0. The summed E-state index contributed by atoms with van der Waals surface area (Å²) >= 11 is 0.868. The van der Waals surface area contributed by atoms with Gasteiger partial charge in [0.2, 0.25) is 11.1 Å². The maximum Gasteiger partial charge on any atom is 0.416 e. The molecule has 1 heterocycles. The van der Waals surface area contributed by atoms with Crippen LogP contribution in [0.5, 0.6) is 0 Å². The second-order valence-electron chi connectivity index (χ2n) is 4.25. The number of carbonyl (C=O) groups excluding carboxylic acids is 1. The molecule has 3 N–H and O–H groups in total. The van der Waals surface area contributed by atoms with E-state index in [9.17, 15) is 22.8 Å². The molecular weight excluding hydrogens is 335 g/mol. The van der Waals surface area contributed by atoms with E-state index in [1.54, 1.807) is 0 Å². The Kier molecular flexibility index (Phi) is 4.89. The molecule has 0 aliphatic carbocycles. The average Bonchev–Trinajstić information content (AvgIpc) is 2.48. The molecule has 122 valence electrons. The summed E-state index contributed by atoms with van der Waals surface area (Å²) in [5.41, 5.74) is -1.17. The third-order valence-corrected chi connectivity index (χ3v) is 3.53. The molecular formula is C12H10F3N5O2S. The van der Waals surface area contributed by atoms with E-state index >= 15 is 0 Å². The quantitative estimate of drug-likeness (QED) is 0.635. The highest BCUT2D eigenvalue weighted by Crippen LogP contribution is 2.29. The fourth-order valence-electron chi connectivity index (χ4n) is 1.50. The van der Waals surface area contributed by atoms with Gasteiger partial charge in [-0.15, -0.1) is 5.10 Å². The third-order valence-electron chi connectivity index (χ3n) is 2.58. The molecule has 1 aromatic heterocycles. The van der Waals surface area contributed by atoms with Gasteiger partial charge in [-0.3, -0.25) is 9.59 Å². The van der Waals surface area contributed by atoms with Crippen molar-refractivity contribution in [2.45, 2.75) is 11.3 Å². The number of hydrogen-bond donors (Lipinski definition) is 2. The number of benzene rings is 1. The van der Waals surface area contributed by atoms with Gasteiger partial charge in [-0.2, -0.15) is 22.9 Å². The summed E-state index contributed by atoms with van der Waals surface area (Å²) in [5, 5.41) is 9.48. The average molecular weight is 345 g/mol. The first-order chi connectivity index (χ1) is 10.8. The van der Waals surface area contributed by atoms with Crippen LogP contribution in [0.15, 0.2) is 40.4 Å². The minimum Gasteiger partial charge on any atom is -0.334 e. The molecule has 7 nitrogen and oxygen atoms in total. The Bertz CT molecular complexity index is 761. The number of halogens is 3. The van der Waals surface area contributed by atoms with E-state index in [-0.39, 0.29) is 16.6 Å². The predicted octanol–water partition coefficient (Wildman–Crippen LogP) is 1.10. The molecule has 0 bridgehead atoms. The molecule has 2 aromatic rings. The molecule has 0 spiro atoms. The number of hydrogen-bond acceptors (Lipinski definition) is 6. The van der Waals surface area contributed by atoms with Crippen LogP contribution in [0.1, 0.15) is 5.56 Å². The first-order valence-electron chi connectivity index (χ1n) is 6.07. The molecule has 1 aromatic carbocycles. The molecule has 1 amide bonds. The van der Waals surface area contributed by atoms with Crippen LogP contribution >= 0.6 is 11.8 Å². The second kappa shape index (κ2) is 6.69. The highest BCUT2D eigenvalue weighted by atomic mass is 32.2. The zero-order valence-electron chi connectivity index (χ0n) is 11.4. The molecule has 0 fully saturated rings. The number of carbonyl (C=O) groups is 1. The van der Waals surface area contributed by atoms with Crippen molar-refractivity contribution in [3.8, 4) is 0 Å². The first-order valence-corrected chi connectivity index (χ1v) is 7.05. The minimum atomic E-state index is -4.44. The van der Waals surface area contributed by atoms with Gasteiger partial charge in [0.25, 0.3) is 5.56 Å². The van der Waals surface area contributed by atoms with Crippen molar-refractivity contribution in [2.75, 3.05) is 16.9 Å². The Morgan fingerprint density at radius 2 is 1.96 bits per heavy atom. The van der Waals surface area contributed by atoms with E-state index in [2.05, 4.69) is 15.5 Å². The highest BCUT2D eigenvalue weighted by Gasteiger charge is 2.29. The number of anilines is 1. The van der Waals surface area contributed by atoms with Gasteiger partial charge in [0.05, 0.1) is 11.3 Å². The van der Waals surface area contributed by atoms with Gasteiger partial charge >= 0.3 is 6.18 Å². The summed E-state index contributed by atoms with van der Waals surface area (Å²) in [6.07, 6.45) is -3.51. The maximum atomic E-state index is 12.4. The van der Waals surface area contributed by atoms with E-state index in [0.29, 0.717) is 0 Å². The third kappa shape index (κ3) is 4.45. The predicted molar refractivity (Wildman–Crippen MR) is 77.2 cm³/mol. The van der Waals surface area contributed by atoms with Crippen LogP contribution in [-0.2, 0) is 11.0 Å². The monoisotopic (exact) mass is 345 g/mol. The molecule has 2 rings (SSSR count). The standard InChI is InChI=1S/C12H10F3N5O2S/c13-12(14,15)7-1-3-8(4-2-7)18-9(21)6-23-11-19-17-5-10(22)20(11)16/h1-5H,6,16H2,(H,18,21). The van der Waals surface area contributed by atoms with Crippen LogP contribution < -0.4 is 16.7 Å². The molecule has 0 atom stereocenters. The first kappa shape index (κ1) is 16.8. The number of nitrogens with two attached hydrogens (primary N) is 1. The second-order valence-corrected chi connectivity index (χ2v) is 5.19. The van der Waals surface area contributed by atoms with Crippen molar-refractivity contribution in [3.05, 3.63) is 46.4 Å². The molecule has 0 aliphatic rings. The van der Waals surface area contributed by atoms with Crippen molar-refractivity contribution < 1.29 is 18.0 Å². The van der Waals surface area contributed by atoms with Crippen LogP contribution in [0.2, 0.25) is 0 Å². The summed E-state index contributed by atoms with van der Waals surface area (Å²) in [6, 6.07) is 4.02. The molecule has 0 aliphatic heterocycles. The van der Waals surface area contributed by atoms with E-state index in [4.69, 9.17) is 5.84 Å².